The molecule has 1 aromatic rings. The van der Waals surface area contributed by atoms with Gasteiger partial charge in [0.1, 0.15) is 6.61 Å². The number of carbonyl (C=O) groups is 1. The lowest BCUT2D eigenvalue weighted by molar-refractivity contribution is -0.385. The molecular formula is C12H11NO5. The second-order valence-corrected chi connectivity index (χ2v) is 3.26. The summed E-state index contributed by atoms with van der Waals surface area (Å²) in [6.45, 7) is 3.60. The number of carboxylic acid groups (broad SMARTS) is 1. The molecule has 0 atom stereocenters. The van der Waals surface area contributed by atoms with E-state index in [0.29, 0.717) is 5.56 Å². The largest absolute Gasteiger partial charge is 0.483 e. The number of hydrogen-bond acceptors (Lipinski definition) is 4. The Kier molecular flexibility index (Phi) is 4.62. The van der Waals surface area contributed by atoms with E-state index >= 15 is 0 Å². The Morgan fingerprint density at radius 2 is 2.28 bits per heavy atom. The summed E-state index contributed by atoms with van der Waals surface area (Å²) in [5.41, 5.74) is 0.194. The van der Waals surface area contributed by atoms with Crippen LogP contribution in [0, 0.1) is 10.1 Å². The second-order valence-electron chi connectivity index (χ2n) is 3.26. The molecule has 1 rings (SSSR count). The Balaban J connectivity index is 3.06. The number of benzene rings is 1. The molecule has 0 fully saturated rings. The smallest absolute Gasteiger partial charge is 0.328 e. The normalized spacial score (nSPS) is 10.2. The number of rotatable bonds is 6. The minimum atomic E-state index is -1.12. The van der Waals surface area contributed by atoms with E-state index < -0.39 is 10.9 Å². The molecule has 0 unspecified atom stereocenters. The Morgan fingerprint density at radius 1 is 1.56 bits per heavy atom. The molecule has 0 aliphatic carbocycles. The van der Waals surface area contributed by atoms with E-state index in [2.05, 4.69) is 6.58 Å². The SMILES string of the molecule is C=CCOc1ccc(/C=C/C(=O)O)cc1[N+](=O)[O-]. The molecule has 0 saturated heterocycles. The molecule has 1 aromatic carbocycles. The quantitative estimate of drug-likeness (QED) is 0.361. The fourth-order valence-electron chi connectivity index (χ4n) is 1.22. The van der Waals surface area contributed by atoms with Crippen LogP contribution in [0.15, 0.2) is 36.9 Å². The molecule has 1 N–H and O–H groups in total. The van der Waals surface area contributed by atoms with Gasteiger partial charge in [0.05, 0.1) is 4.92 Å². The molecule has 0 heterocycles. The van der Waals surface area contributed by atoms with Gasteiger partial charge < -0.3 is 9.84 Å². The topological polar surface area (TPSA) is 89.7 Å². The molecule has 0 spiro atoms. The summed E-state index contributed by atoms with van der Waals surface area (Å²) in [4.78, 5) is 20.6. The van der Waals surface area contributed by atoms with Crippen LogP contribution in [0.4, 0.5) is 5.69 Å². The number of nitro benzene ring substituents is 1. The fraction of sp³-hybridized carbons (Fsp3) is 0.0833. The van der Waals surface area contributed by atoms with E-state index in [9.17, 15) is 14.9 Å². The van der Waals surface area contributed by atoms with Crippen LogP contribution in [0.2, 0.25) is 0 Å². The summed E-state index contributed by atoms with van der Waals surface area (Å²) in [5, 5.41) is 19.3. The van der Waals surface area contributed by atoms with E-state index in [1.54, 1.807) is 0 Å². The van der Waals surface area contributed by atoms with Gasteiger partial charge in [0, 0.05) is 12.1 Å². The Labute approximate surface area is 103 Å². The Hall–Kier alpha value is -2.63. The van der Waals surface area contributed by atoms with Gasteiger partial charge in [-0.3, -0.25) is 10.1 Å². The van der Waals surface area contributed by atoms with Crippen molar-refractivity contribution in [2.45, 2.75) is 0 Å². The van der Waals surface area contributed by atoms with Gasteiger partial charge in [-0.15, -0.1) is 0 Å². The van der Waals surface area contributed by atoms with Crippen LogP contribution >= 0.6 is 0 Å². The molecule has 0 saturated carbocycles. The van der Waals surface area contributed by atoms with Gasteiger partial charge in [-0.1, -0.05) is 18.7 Å². The van der Waals surface area contributed by atoms with E-state index in [4.69, 9.17) is 9.84 Å². The average molecular weight is 249 g/mol. The van der Waals surface area contributed by atoms with Crippen molar-refractivity contribution in [3.05, 3.63) is 52.6 Å². The van der Waals surface area contributed by atoms with Crippen LogP contribution in [0.3, 0.4) is 0 Å². The van der Waals surface area contributed by atoms with Gasteiger partial charge >= 0.3 is 11.7 Å². The zero-order valence-corrected chi connectivity index (χ0v) is 9.41. The summed E-state index contributed by atoms with van der Waals surface area (Å²) in [7, 11) is 0. The van der Waals surface area contributed by atoms with Crippen molar-refractivity contribution in [1.29, 1.82) is 0 Å². The summed E-state index contributed by atoms with van der Waals surface area (Å²) in [5.74, 6) is -1.00. The van der Waals surface area contributed by atoms with Crippen molar-refractivity contribution < 1.29 is 19.6 Å². The lowest BCUT2D eigenvalue weighted by atomic mass is 10.1. The molecule has 94 valence electrons. The molecule has 0 aromatic heterocycles. The number of ether oxygens (including phenoxy) is 1. The van der Waals surface area contributed by atoms with E-state index in [1.807, 2.05) is 0 Å². The summed E-state index contributed by atoms with van der Waals surface area (Å²) < 4.78 is 5.13. The number of nitrogens with zero attached hydrogens (tertiary/aromatic N) is 1. The predicted octanol–water partition coefficient (Wildman–Crippen LogP) is 2.26. The third-order valence-electron chi connectivity index (χ3n) is 1.95. The molecule has 0 aliphatic heterocycles. The number of hydrogen-bond donors (Lipinski definition) is 1. The summed E-state index contributed by atoms with van der Waals surface area (Å²) in [6, 6.07) is 4.20. The van der Waals surface area contributed by atoms with Gasteiger partial charge in [-0.05, 0) is 17.7 Å². The van der Waals surface area contributed by atoms with Crippen LogP contribution in [0.1, 0.15) is 5.56 Å². The third-order valence-corrected chi connectivity index (χ3v) is 1.95. The monoisotopic (exact) mass is 249 g/mol. The van der Waals surface area contributed by atoms with Crippen molar-refractivity contribution in [3.8, 4) is 5.75 Å². The molecule has 6 nitrogen and oxygen atoms in total. The first kappa shape index (κ1) is 13.4. The lowest BCUT2D eigenvalue weighted by Gasteiger charge is -2.04. The van der Waals surface area contributed by atoms with Crippen LogP contribution in [0.5, 0.6) is 5.75 Å². The molecular weight excluding hydrogens is 238 g/mol. The van der Waals surface area contributed by atoms with Crippen LogP contribution in [0.25, 0.3) is 6.08 Å². The maximum Gasteiger partial charge on any atom is 0.328 e. The van der Waals surface area contributed by atoms with Crippen LogP contribution in [-0.2, 0) is 4.79 Å². The average Bonchev–Trinajstić information content (AvgIpc) is 2.34. The predicted molar refractivity (Wildman–Crippen MR) is 65.5 cm³/mol. The number of carboxylic acids is 1. The van der Waals surface area contributed by atoms with Gasteiger partial charge in [-0.25, -0.2) is 4.79 Å². The van der Waals surface area contributed by atoms with Crippen LogP contribution < -0.4 is 4.74 Å². The first-order chi connectivity index (χ1) is 8.54. The summed E-state index contributed by atoms with van der Waals surface area (Å²) >= 11 is 0. The second kappa shape index (κ2) is 6.19. The highest BCUT2D eigenvalue weighted by Crippen LogP contribution is 2.28. The summed E-state index contributed by atoms with van der Waals surface area (Å²) in [6.07, 6.45) is 3.65. The van der Waals surface area contributed by atoms with E-state index in [1.165, 1.54) is 30.4 Å². The van der Waals surface area contributed by atoms with Gasteiger partial charge in [0.25, 0.3) is 0 Å². The highest BCUT2D eigenvalue weighted by molar-refractivity contribution is 5.85. The molecule has 0 amide bonds. The van der Waals surface area contributed by atoms with Crippen molar-refractivity contribution in [3.63, 3.8) is 0 Å². The van der Waals surface area contributed by atoms with Crippen molar-refractivity contribution in [1.82, 2.24) is 0 Å². The first-order valence-electron chi connectivity index (χ1n) is 4.97. The van der Waals surface area contributed by atoms with Gasteiger partial charge in [0.15, 0.2) is 5.75 Å². The van der Waals surface area contributed by atoms with Crippen molar-refractivity contribution >= 4 is 17.7 Å². The number of nitro groups is 1. The molecule has 0 bridgehead atoms. The van der Waals surface area contributed by atoms with Gasteiger partial charge in [-0.2, -0.15) is 0 Å². The zero-order chi connectivity index (χ0) is 13.5. The van der Waals surface area contributed by atoms with Gasteiger partial charge in [0.2, 0.25) is 0 Å². The minimum Gasteiger partial charge on any atom is -0.483 e. The first-order valence-corrected chi connectivity index (χ1v) is 4.97. The Bertz CT molecular complexity index is 507. The third kappa shape index (κ3) is 3.75. The Morgan fingerprint density at radius 3 is 2.83 bits per heavy atom. The van der Waals surface area contributed by atoms with Crippen molar-refractivity contribution in [2.75, 3.05) is 6.61 Å². The maximum absolute atomic E-state index is 10.8. The highest BCUT2D eigenvalue weighted by atomic mass is 16.6. The van der Waals surface area contributed by atoms with Crippen molar-refractivity contribution in [2.24, 2.45) is 0 Å². The maximum atomic E-state index is 10.8. The molecule has 0 aliphatic rings. The lowest BCUT2D eigenvalue weighted by Crippen LogP contribution is -1.98. The zero-order valence-electron chi connectivity index (χ0n) is 9.41. The molecule has 0 radical (unpaired) electrons. The minimum absolute atomic E-state index is 0.118. The van der Waals surface area contributed by atoms with E-state index in [-0.39, 0.29) is 18.0 Å². The standard InChI is InChI=1S/C12H11NO5/c1-2-7-18-11-5-3-9(4-6-12(14)15)8-10(11)13(16)17/h2-6,8H,1,7H2,(H,14,15)/b6-4+. The molecule has 18 heavy (non-hydrogen) atoms. The highest BCUT2D eigenvalue weighted by Gasteiger charge is 2.14. The number of aliphatic carboxylic acids is 1. The van der Waals surface area contributed by atoms with Crippen LogP contribution in [-0.4, -0.2) is 22.6 Å². The molecule has 6 heteroatoms. The fourth-order valence-corrected chi connectivity index (χ4v) is 1.22. The van der Waals surface area contributed by atoms with E-state index in [0.717, 1.165) is 6.08 Å².